The number of hydrogen-bond acceptors (Lipinski definition) is 6. The Morgan fingerprint density at radius 3 is 2.00 bits per heavy atom. The van der Waals surface area contributed by atoms with E-state index in [-0.39, 0.29) is 5.97 Å². The van der Waals surface area contributed by atoms with Crippen molar-refractivity contribution in [2.45, 2.75) is 83.3 Å². The van der Waals surface area contributed by atoms with E-state index in [0.29, 0.717) is 12.8 Å². The Bertz CT molecular complexity index is 367. The SMILES string of the molecule is CCCC/C=C/C(CC(/C=C/CCCCCCC(=O)OC)OO)OO. The molecule has 0 heterocycles. The van der Waals surface area contributed by atoms with E-state index in [9.17, 15) is 4.79 Å². The van der Waals surface area contributed by atoms with Crippen molar-refractivity contribution in [2.75, 3.05) is 7.11 Å². The quantitative estimate of drug-likeness (QED) is 0.134. The van der Waals surface area contributed by atoms with Crippen LogP contribution in [0.1, 0.15) is 71.1 Å². The number of methoxy groups -OCH3 is 1. The summed E-state index contributed by atoms with van der Waals surface area (Å²) in [4.78, 5) is 19.8. The molecule has 0 radical (unpaired) electrons. The zero-order chi connectivity index (χ0) is 18.8. The summed E-state index contributed by atoms with van der Waals surface area (Å²) < 4.78 is 4.59. The van der Waals surface area contributed by atoms with Gasteiger partial charge >= 0.3 is 5.97 Å². The average Bonchev–Trinajstić information content (AvgIpc) is 2.64. The molecular formula is C19H34O6. The van der Waals surface area contributed by atoms with Crippen molar-refractivity contribution < 1.29 is 29.8 Å². The zero-order valence-corrected chi connectivity index (χ0v) is 15.6. The molecule has 6 heteroatoms. The molecule has 0 rings (SSSR count). The van der Waals surface area contributed by atoms with Crippen molar-refractivity contribution in [3.8, 4) is 0 Å². The molecule has 0 fully saturated rings. The molecule has 0 aromatic heterocycles. The second kappa shape index (κ2) is 17.6. The predicted octanol–water partition coefficient (Wildman–Crippen LogP) is 4.91. The number of ether oxygens (including phenoxy) is 1. The lowest BCUT2D eigenvalue weighted by molar-refractivity contribution is -0.297. The maximum absolute atomic E-state index is 11.0. The van der Waals surface area contributed by atoms with Gasteiger partial charge in [-0.15, -0.1) is 0 Å². The molecule has 6 nitrogen and oxygen atoms in total. The lowest BCUT2D eigenvalue weighted by atomic mass is 10.1. The lowest BCUT2D eigenvalue weighted by Crippen LogP contribution is -2.18. The van der Waals surface area contributed by atoms with Crippen molar-refractivity contribution in [3.05, 3.63) is 24.3 Å². The molecule has 2 atom stereocenters. The minimum absolute atomic E-state index is 0.160. The summed E-state index contributed by atoms with van der Waals surface area (Å²) in [5, 5.41) is 17.9. The normalized spacial score (nSPS) is 14.2. The average molecular weight is 358 g/mol. The van der Waals surface area contributed by atoms with Gasteiger partial charge in [0.05, 0.1) is 7.11 Å². The second-order valence-electron chi connectivity index (χ2n) is 6.05. The zero-order valence-electron chi connectivity index (χ0n) is 15.6. The first kappa shape index (κ1) is 23.8. The summed E-state index contributed by atoms with van der Waals surface area (Å²) in [5.41, 5.74) is 0. The molecule has 0 aliphatic heterocycles. The summed E-state index contributed by atoms with van der Waals surface area (Å²) in [7, 11) is 1.40. The predicted molar refractivity (Wildman–Crippen MR) is 97.1 cm³/mol. The molecule has 0 amide bonds. The van der Waals surface area contributed by atoms with Gasteiger partial charge in [-0.05, 0) is 25.7 Å². The van der Waals surface area contributed by atoms with Crippen LogP contribution in [0.5, 0.6) is 0 Å². The Labute approximate surface area is 151 Å². The largest absolute Gasteiger partial charge is 0.469 e. The molecular weight excluding hydrogens is 324 g/mol. The molecule has 0 aromatic carbocycles. The molecule has 0 spiro atoms. The number of unbranched alkanes of at least 4 members (excludes halogenated alkanes) is 6. The highest BCUT2D eigenvalue weighted by molar-refractivity contribution is 5.68. The van der Waals surface area contributed by atoms with Crippen LogP contribution in [0.15, 0.2) is 24.3 Å². The third-order valence-corrected chi connectivity index (χ3v) is 3.89. The van der Waals surface area contributed by atoms with E-state index < -0.39 is 12.2 Å². The van der Waals surface area contributed by atoms with E-state index >= 15 is 0 Å². The van der Waals surface area contributed by atoms with Crippen LogP contribution in [0.2, 0.25) is 0 Å². The van der Waals surface area contributed by atoms with Gasteiger partial charge < -0.3 is 4.74 Å². The molecule has 0 saturated carbocycles. The molecule has 0 saturated heterocycles. The first-order valence-corrected chi connectivity index (χ1v) is 9.18. The summed E-state index contributed by atoms with van der Waals surface area (Å²) >= 11 is 0. The van der Waals surface area contributed by atoms with Crippen LogP contribution in [-0.2, 0) is 19.3 Å². The Kier molecular flexibility index (Phi) is 16.8. The van der Waals surface area contributed by atoms with Crippen LogP contribution in [0, 0.1) is 0 Å². The van der Waals surface area contributed by atoms with Crippen molar-refractivity contribution in [1.82, 2.24) is 0 Å². The Morgan fingerprint density at radius 1 is 0.920 bits per heavy atom. The van der Waals surface area contributed by atoms with Crippen molar-refractivity contribution in [3.63, 3.8) is 0 Å². The third-order valence-electron chi connectivity index (χ3n) is 3.89. The van der Waals surface area contributed by atoms with Crippen LogP contribution in [-0.4, -0.2) is 35.8 Å². The molecule has 146 valence electrons. The van der Waals surface area contributed by atoms with Gasteiger partial charge in [-0.2, -0.15) is 0 Å². The highest BCUT2D eigenvalue weighted by Crippen LogP contribution is 2.11. The number of carbonyl (C=O) groups excluding carboxylic acids is 1. The number of allylic oxidation sites excluding steroid dienone is 2. The number of rotatable bonds is 16. The van der Waals surface area contributed by atoms with Crippen molar-refractivity contribution >= 4 is 5.97 Å². The maximum atomic E-state index is 11.0. The van der Waals surface area contributed by atoms with Gasteiger partial charge in [0.25, 0.3) is 0 Å². The molecule has 25 heavy (non-hydrogen) atoms. The molecule has 0 aromatic rings. The minimum atomic E-state index is -0.521. The van der Waals surface area contributed by atoms with Crippen molar-refractivity contribution in [2.24, 2.45) is 0 Å². The summed E-state index contributed by atoms with van der Waals surface area (Å²) in [5.74, 6) is -0.160. The standard InChI is InChI=1S/C19H34O6/c1-3-4-5-10-13-17(24-21)16-18(25-22)14-11-8-6-7-9-12-15-19(20)23-2/h10-11,13-14,17-18,21-22H,3-9,12,15-16H2,1-2H3/b13-10+,14-11+. The van der Waals surface area contributed by atoms with Gasteiger partial charge in [0, 0.05) is 12.8 Å². The monoisotopic (exact) mass is 358 g/mol. The smallest absolute Gasteiger partial charge is 0.305 e. The van der Waals surface area contributed by atoms with E-state index in [0.717, 1.165) is 51.4 Å². The number of esters is 1. The minimum Gasteiger partial charge on any atom is -0.469 e. The van der Waals surface area contributed by atoms with E-state index in [2.05, 4.69) is 21.4 Å². The van der Waals surface area contributed by atoms with Gasteiger partial charge in [-0.1, -0.05) is 56.9 Å². The first-order chi connectivity index (χ1) is 12.2. The van der Waals surface area contributed by atoms with Crippen molar-refractivity contribution in [1.29, 1.82) is 0 Å². The van der Waals surface area contributed by atoms with Crippen LogP contribution in [0.3, 0.4) is 0 Å². The topological polar surface area (TPSA) is 85.2 Å². The maximum Gasteiger partial charge on any atom is 0.305 e. The second-order valence-corrected chi connectivity index (χ2v) is 6.05. The van der Waals surface area contributed by atoms with Crippen LogP contribution >= 0.6 is 0 Å². The molecule has 2 unspecified atom stereocenters. The summed E-state index contributed by atoms with van der Waals surface area (Å²) in [6.45, 7) is 2.12. The Balaban J connectivity index is 3.91. The number of carbonyl (C=O) groups is 1. The molecule has 0 aliphatic rings. The van der Waals surface area contributed by atoms with E-state index in [4.69, 9.17) is 10.5 Å². The fraction of sp³-hybridized carbons (Fsp3) is 0.737. The Hall–Kier alpha value is -1.21. The first-order valence-electron chi connectivity index (χ1n) is 9.18. The third kappa shape index (κ3) is 14.8. The van der Waals surface area contributed by atoms with E-state index in [1.54, 1.807) is 12.2 Å². The van der Waals surface area contributed by atoms with Gasteiger partial charge in [-0.3, -0.25) is 15.3 Å². The van der Waals surface area contributed by atoms with Gasteiger partial charge in [0.15, 0.2) is 0 Å². The highest BCUT2D eigenvalue weighted by Gasteiger charge is 2.13. The van der Waals surface area contributed by atoms with Crippen LogP contribution in [0.4, 0.5) is 0 Å². The van der Waals surface area contributed by atoms with E-state index in [1.807, 2.05) is 12.2 Å². The molecule has 0 bridgehead atoms. The lowest BCUT2D eigenvalue weighted by Gasteiger charge is -2.13. The van der Waals surface area contributed by atoms with E-state index in [1.165, 1.54) is 7.11 Å². The summed E-state index contributed by atoms with van der Waals surface area (Å²) in [6, 6.07) is 0. The van der Waals surface area contributed by atoms with Gasteiger partial charge in [-0.25, -0.2) is 9.78 Å². The summed E-state index contributed by atoms with van der Waals surface area (Å²) in [6.07, 6.45) is 15.2. The van der Waals surface area contributed by atoms with Crippen LogP contribution < -0.4 is 0 Å². The van der Waals surface area contributed by atoms with Crippen LogP contribution in [0.25, 0.3) is 0 Å². The number of hydrogen-bond donors (Lipinski definition) is 2. The molecule has 0 aliphatic carbocycles. The molecule has 2 N–H and O–H groups in total. The van der Waals surface area contributed by atoms with Gasteiger partial charge in [0.1, 0.15) is 12.2 Å². The Morgan fingerprint density at radius 2 is 1.48 bits per heavy atom. The highest BCUT2D eigenvalue weighted by atomic mass is 17.1. The van der Waals surface area contributed by atoms with Gasteiger partial charge in [0.2, 0.25) is 0 Å². The fourth-order valence-electron chi connectivity index (χ4n) is 2.35. The fourth-order valence-corrected chi connectivity index (χ4v) is 2.35.